The fraction of sp³-hybridized carbons (Fsp3) is 0.500. The minimum absolute atomic E-state index is 0.137. The molecule has 2 aromatic heterocycles. The number of amides is 2. The number of nitrogens with zero attached hydrogens (tertiary/aromatic N) is 2. The Balaban J connectivity index is 1.74. The van der Waals surface area contributed by atoms with Crippen molar-refractivity contribution in [3.05, 3.63) is 20.8 Å². The van der Waals surface area contributed by atoms with Crippen molar-refractivity contribution in [2.75, 3.05) is 17.7 Å². The first-order valence-electron chi connectivity index (χ1n) is 7.92. The third-order valence-electron chi connectivity index (χ3n) is 3.68. The third-order valence-corrected chi connectivity index (χ3v) is 6.22. The Labute approximate surface area is 153 Å². The fourth-order valence-corrected chi connectivity index (χ4v) is 4.13. The van der Waals surface area contributed by atoms with Gasteiger partial charge in [-0.15, -0.1) is 21.5 Å². The van der Waals surface area contributed by atoms with Crippen LogP contribution >= 0.6 is 22.7 Å². The van der Waals surface area contributed by atoms with E-state index in [0.29, 0.717) is 21.6 Å². The molecule has 1 saturated carbocycles. The highest BCUT2D eigenvalue weighted by atomic mass is 32.1. The second-order valence-corrected chi connectivity index (χ2v) is 8.96. The molecule has 0 saturated heterocycles. The minimum atomic E-state index is -0.470. The standard InChI is InChI=1S/C16H20N4O3S2/c1-16(2,3)10-7-9(11(24-10)13(21)23-4)17-14(22)18-15-20-19-12(25-15)8-5-6-8/h7-8H,5-6H2,1-4H3,(H2,17,18,20,22). The Morgan fingerprint density at radius 3 is 2.52 bits per heavy atom. The molecule has 0 aliphatic heterocycles. The lowest BCUT2D eigenvalue weighted by Crippen LogP contribution is -2.20. The summed E-state index contributed by atoms with van der Waals surface area (Å²) in [6.45, 7) is 6.14. The Morgan fingerprint density at radius 1 is 1.20 bits per heavy atom. The van der Waals surface area contributed by atoms with Crippen molar-refractivity contribution < 1.29 is 14.3 Å². The average molecular weight is 380 g/mol. The number of aromatic nitrogens is 2. The maximum absolute atomic E-state index is 12.3. The number of ether oxygens (including phenoxy) is 1. The molecule has 134 valence electrons. The summed E-state index contributed by atoms with van der Waals surface area (Å²) in [6.07, 6.45) is 2.27. The van der Waals surface area contributed by atoms with Gasteiger partial charge in [0, 0.05) is 10.8 Å². The molecular formula is C16H20N4O3S2. The molecule has 2 heterocycles. The van der Waals surface area contributed by atoms with E-state index < -0.39 is 12.0 Å². The summed E-state index contributed by atoms with van der Waals surface area (Å²) in [5.74, 6) is 0.0241. The lowest BCUT2D eigenvalue weighted by Gasteiger charge is -2.15. The molecule has 2 amide bonds. The summed E-state index contributed by atoms with van der Waals surface area (Å²) in [4.78, 5) is 25.6. The number of carbonyl (C=O) groups is 2. The van der Waals surface area contributed by atoms with Gasteiger partial charge in [0.2, 0.25) is 5.13 Å². The smallest absolute Gasteiger partial charge is 0.350 e. The van der Waals surface area contributed by atoms with Crippen LogP contribution in [-0.4, -0.2) is 29.3 Å². The summed E-state index contributed by atoms with van der Waals surface area (Å²) in [5.41, 5.74) is 0.300. The Morgan fingerprint density at radius 2 is 1.92 bits per heavy atom. The van der Waals surface area contributed by atoms with Crippen molar-refractivity contribution in [2.24, 2.45) is 0 Å². The van der Waals surface area contributed by atoms with Crippen LogP contribution in [0.2, 0.25) is 0 Å². The van der Waals surface area contributed by atoms with Crippen molar-refractivity contribution in [1.29, 1.82) is 0 Å². The van der Waals surface area contributed by atoms with E-state index >= 15 is 0 Å². The quantitative estimate of drug-likeness (QED) is 0.775. The normalized spacial score (nSPS) is 14.2. The first-order valence-corrected chi connectivity index (χ1v) is 9.55. The highest BCUT2D eigenvalue weighted by molar-refractivity contribution is 7.15. The number of urea groups is 1. The van der Waals surface area contributed by atoms with Crippen molar-refractivity contribution in [1.82, 2.24) is 10.2 Å². The zero-order valence-electron chi connectivity index (χ0n) is 14.5. The Kier molecular flexibility index (Phi) is 4.79. The number of rotatable bonds is 4. The third kappa shape index (κ3) is 4.16. The molecule has 3 rings (SSSR count). The summed E-state index contributed by atoms with van der Waals surface area (Å²) >= 11 is 2.70. The number of methoxy groups -OCH3 is 1. The van der Waals surface area contributed by atoms with Crippen molar-refractivity contribution in [2.45, 2.75) is 44.9 Å². The van der Waals surface area contributed by atoms with Crippen LogP contribution < -0.4 is 10.6 Å². The number of hydrogen-bond donors (Lipinski definition) is 2. The second kappa shape index (κ2) is 6.72. The van der Waals surface area contributed by atoms with E-state index in [9.17, 15) is 9.59 Å². The Hall–Kier alpha value is -2.00. The molecule has 0 unspecified atom stereocenters. The predicted molar refractivity (Wildman–Crippen MR) is 98.9 cm³/mol. The van der Waals surface area contributed by atoms with E-state index in [1.54, 1.807) is 0 Å². The van der Waals surface area contributed by atoms with Gasteiger partial charge in [-0.25, -0.2) is 9.59 Å². The molecule has 1 fully saturated rings. The van der Waals surface area contributed by atoms with Crippen LogP contribution in [0.15, 0.2) is 6.07 Å². The maximum atomic E-state index is 12.3. The molecule has 0 spiro atoms. The monoisotopic (exact) mass is 380 g/mol. The first kappa shape index (κ1) is 17.8. The number of nitrogens with one attached hydrogen (secondary N) is 2. The fourth-order valence-electron chi connectivity index (χ4n) is 2.13. The summed E-state index contributed by atoms with van der Waals surface area (Å²) in [7, 11) is 1.32. The van der Waals surface area contributed by atoms with Gasteiger partial charge in [-0.3, -0.25) is 5.32 Å². The van der Waals surface area contributed by atoms with Gasteiger partial charge < -0.3 is 10.1 Å². The molecule has 2 N–H and O–H groups in total. The molecule has 2 aromatic rings. The van der Waals surface area contributed by atoms with Crippen molar-refractivity contribution in [3.8, 4) is 0 Å². The summed E-state index contributed by atoms with van der Waals surface area (Å²) < 4.78 is 4.82. The molecule has 0 bridgehead atoms. The molecule has 0 atom stereocenters. The number of esters is 1. The van der Waals surface area contributed by atoms with E-state index in [1.165, 1.54) is 29.8 Å². The zero-order valence-corrected chi connectivity index (χ0v) is 16.1. The van der Waals surface area contributed by atoms with Gasteiger partial charge in [-0.2, -0.15) is 0 Å². The van der Waals surface area contributed by atoms with Crippen LogP contribution in [-0.2, 0) is 10.2 Å². The topological polar surface area (TPSA) is 93.2 Å². The molecule has 25 heavy (non-hydrogen) atoms. The van der Waals surface area contributed by atoms with Gasteiger partial charge in [0.25, 0.3) is 0 Å². The average Bonchev–Trinajstić information content (AvgIpc) is 3.13. The molecule has 1 aliphatic rings. The maximum Gasteiger partial charge on any atom is 0.350 e. The van der Waals surface area contributed by atoms with E-state index in [2.05, 4.69) is 20.8 Å². The van der Waals surface area contributed by atoms with Gasteiger partial charge in [-0.05, 0) is 24.3 Å². The zero-order chi connectivity index (χ0) is 18.2. The van der Waals surface area contributed by atoms with Crippen molar-refractivity contribution >= 4 is 45.5 Å². The lowest BCUT2D eigenvalue weighted by molar-refractivity contribution is 0.0607. The van der Waals surface area contributed by atoms with Crippen LogP contribution in [0.5, 0.6) is 0 Å². The van der Waals surface area contributed by atoms with Crippen LogP contribution in [0.3, 0.4) is 0 Å². The van der Waals surface area contributed by atoms with Crippen LogP contribution in [0.25, 0.3) is 0 Å². The number of hydrogen-bond acceptors (Lipinski definition) is 7. The molecule has 7 nitrogen and oxygen atoms in total. The van der Waals surface area contributed by atoms with Gasteiger partial charge in [0.1, 0.15) is 9.88 Å². The molecule has 0 aromatic carbocycles. The second-order valence-electron chi connectivity index (χ2n) is 6.89. The van der Waals surface area contributed by atoms with Crippen molar-refractivity contribution in [3.63, 3.8) is 0 Å². The number of anilines is 2. The molecule has 0 radical (unpaired) electrons. The SMILES string of the molecule is COC(=O)c1sc(C(C)(C)C)cc1NC(=O)Nc1nnc(C2CC2)s1. The van der Waals surface area contributed by atoms with Gasteiger partial charge >= 0.3 is 12.0 Å². The van der Waals surface area contributed by atoms with Gasteiger partial charge in [-0.1, -0.05) is 32.1 Å². The van der Waals surface area contributed by atoms with E-state index in [4.69, 9.17) is 4.74 Å². The van der Waals surface area contributed by atoms with E-state index in [0.717, 1.165) is 22.7 Å². The molecule has 1 aliphatic carbocycles. The highest BCUT2D eigenvalue weighted by Crippen LogP contribution is 2.42. The summed E-state index contributed by atoms with van der Waals surface area (Å²) in [6, 6.07) is 1.36. The van der Waals surface area contributed by atoms with Crippen LogP contribution in [0.1, 0.15) is 59.1 Å². The number of thiophene rings is 1. The highest BCUT2D eigenvalue weighted by Gasteiger charge is 2.28. The van der Waals surface area contributed by atoms with Crippen LogP contribution in [0, 0.1) is 0 Å². The van der Waals surface area contributed by atoms with Crippen LogP contribution in [0.4, 0.5) is 15.6 Å². The lowest BCUT2D eigenvalue weighted by atomic mass is 9.94. The molecule has 9 heteroatoms. The van der Waals surface area contributed by atoms with Gasteiger partial charge in [0.05, 0.1) is 12.8 Å². The van der Waals surface area contributed by atoms with E-state index in [1.807, 2.05) is 26.8 Å². The Bertz CT molecular complexity index is 803. The predicted octanol–water partition coefficient (Wildman–Crippen LogP) is 4.21. The largest absolute Gasteiger partial charge is 0.465 e. The number of carbonyl (C=O) groups excluding carboxylic acids is 2. The van der Waals surface area contributed by atoms with E-state index in [-0.39, 0.29) is 5.41 Å². The summed E-state index contributed by atoms with van der Waals surface area (Å²) in [5, 5.41) is 14.9. The minimum Gasteiger partial charge on any atom is -0.465 e. The first-order chi connectivity index (χ1) is 11.8. The molecular weight excluding hydrogens is 360 g/mol. The van der Waals surface area contributed by atoms with Gasteiger partial charge in [0.15, 0.2) is 0 Å².